The maximum absolute atomic E-state index is 12.9. The van der Waals surface area contributed by atoms with Gasteiger partial charge in [0, 0.05) is 11.8 Å². The van der Waals surface area contributed by atoms with E-state index in [1.807, 2.05) is 0 Å². The van der Waals surface area contributed by atoms with Crippen LogP contribution in [0.1, 0.15) is 25.7 Å². The van der Waals surface area contributed by atoms with Crippen molar-refractivity contribution in [1.82, 2.24) is 0 Å². The number of anilines is 1. The SMILES string of the molecule is NC1(C(=O)Nc2ccc3c(c2)OC(F)(F)O3)CCCC1. The summed E-state index contributed by atoms with van der Waals surface area (Å²) in [6.07, 6.45) is -0.580. The lowest BCUT2D eigenvalue weighted by atomic mass is 9.98. The van der Waals surface area contributed by atoms with Crippen molar-refractivity contribution in [2.75, 3.05) is 5.32 Å². The Morgan fingerprint density at radius 2 is 1.85 bits per heavy atom. The first-order chi connectivity index (χ1) is 9.38. The molecule has 1 aromatic rings. The summed E-state index contributed by atoms with van der Waals surface area (Å²) in [5.41, 5.74) is 5.50. The molecule has 1 saturated carbocycles. The van der Waals surface area contributed by atoms with Crippen molar-refractivity contribution in [3.8, 4) is 11.5 Å². The summed E-state index contributed by atoms with van der Waals surface area (Å²) in [7, 11) is 0. The minimum absolute atomic E-state index is 0.0590. The molecule has 0 spiro atoms. The van der Waals surface area contributed by atoms with Gasteiger partial charge in [0.15, 0.2) is 11.5 Å². The Morgan fingerprint density at radius 1 is 1.20 bits per heavy atom. The molecular formula is C13H14F2N2O3. The number of ether oxygens (including phenoxy) is 2. The number of benzene rings is 1. The highest BCUT2D eigenvalue weighted by Crippen LogP contribution is 2.42. The number of nitrogens with two attached hydrogens (primary N) is 1. The number of hydrogen-bond donors (Lipinski definition) is 2. The number of amides is 1. The fraction of sp³-hybridized carbons (Fsp3) is 0.462. The van der Waals surface area contributed by atoms with Gasteiger partial charge in [-0.1, -0.05) is 12.8 Å². The molecule has 3 rings (SSSR count). The zero-order valence-electron chi connectivity index (χ0n) is 10.6. The van der Waals surface area contributed by atoms with Crippen LogP contribution in [0, 0.1) is 0 Å². The Bertz CT molecular complexity index is 557. The minimum Gasteiger partial charge on any atom is -0.395 e. The molecule has 3 N–H and O–H groups in total. The van der Waals surface area contributed by atoms with Gasteiger partial charge in [-0.15, -0.1) is 8.78 Å². The number of carbonyl (C=O) groups excluding carboxylic acids is 1. The van der Waals surface area contributed by atoms with E-state index in [1.165, 1.54) is 18.2 Å². The summed E-state index contributed by atoms with van der Waals surface area (Å²) >= 11 is 0. The molecule has 0 radical (unpaired) electrons. The lowest BCUT2D eigenvalue weighted by molar-refractivity contribution is -0.286. The quantitative estimate of drug-likeness (QED) is 0.873. The van der Waals surface area contributed by atoms with Crippen molar-refractivity contribution in [1.29, 1.82) is 0 Å². The Kier molecular flexibility index (Phi) is 2.82. The van der Waals surface area contributed by atoms with Crippen molar-refractivity contribution >= 4 is 11.6 Å². The second kappa shape index (κ2) is 4.31. The van der Waals surface area contributed by atoms with Crippen LogP contribution in [0.15, 0.2) is 18.2 Å². The fourth-order valence-electron chi connectivity index (χ4n) is 2.52. The van der Waals surface area contributed by atoms with E-state index in [2.05, 4.69) is 14.8 Å². The number of rotatable bonds is 2. The van der Waals surface area contributed by atoms with Crippen molar-refractivity contribution < 1.29 is 23.0 Å². The summed E-state index contributed by atoms with van der Waals surface area (Å²) in [5, 5.41) is 2.64. The van der Waals surface area contributed by atoms with Gasteiger partial charge < -0.3 is 20.5 Å². The van der Waals surface area contributed by atoms with E-state index in [0.717, 1.165) is 12.8 Å². The molecule has 2 aliphatic rings. The summed E-state index contributed by atoms with van der Waals surface area (Å²) in [6.45, 7) is 0. The number of halogens is 2. The Labute approximate surface area is 114 Å². The maximum Gasteiger partial charge on any atom is 0.586 e. The normalized spacial score (nSPS) is 21.8. The average Bonchev–Trinajstić information content (AvgIpc) is 2.91. The van der Waals surface area contributed by atoms with Crippen LogP contribution in [0.4, 0.5) is 14.5 Å². The molecule has 1 aliphatic carbocycles. The molecule has 108 valence electrons. The molecular weight excluding hydrogens is 270 g/mol. The first kappa shape index (κ1) is 13.1. The standard InChI is InChI=1S/C13H14F2N2O3/c14-13(15)19-9-4-3-8(7-10(9)20-13)17-11(18)12(16)5-1-2-6-12/h3-4,7H,1-2,5-6,16H2,(H,17,18). The molecule has 20 heavy (non-hydrogen) atoms. The van der Waals surface area contributed by atoms with E-state index in [1.54, 1.807) is 0 Å². The van der Waals surface area contributed by atoms with Gasteiger partial charge in [-0.25, -0.2) is 0 Å². The summed E-state index contributed by atoms with van der Waals surface area (Å²) < 4.78 is 34.4. The molecule has 1 aromatic carbocycles. The lowest BCUT2D eigenvalue weighted by Crippen LogP contribution is -2.48. The van der Waals surface area contributed by atoms with E-state index < -0.39 is 11.8 Å². The number of nitrogens with one attached hydrogen (secondary N) is 1. The van der Waals surface area contributed by atoms with Crippen LogP contribution in [0.5, 0.6) is 11.5 Å². The molecule has 1 amide bonds. The van der Waals surface area contributed by atoms with Crippen LogP contribution in [-0.2, 0) is 4.79 Å². The van der Waals surface area contributed by atoms with E-state index in [-0.39, 0.29) is 17.4 Å². The zero-order chi connectivity index (χ0) is 14.4. The second-order valence-corrected chi connectivity index (χ2v) is 5.15. The number of alkyl halides is 2. The molecule has 1 heterocycles. The van der Waals surface area contributed by atoms with Gasteiger partial charge in [-0.05, 0) is 25.0 Å². The smallest absolute Gasteiger partial charge is 0.395 e. The van der Waals surface area contributed by atoms with Gasteiger partial charge in [0.25, 0.3) is 0 Å². The highest BCUT2D eigenvalue weighted by atomic mass is 19.3. The van der Waals surface area contributed by atoms with Crippen molar-refractivity contribution in [3.05, 3.63) is 18.2 Å². The van der Waals surface area contributed by atoms with Crippen LogP contribution in [0.25, 0.3) is 0 Å². The summed E-state index contributed by atoms with van der Waals surface area (Å²) in [6, 6.07) is 4.09. The van der Waals surface area contributed by atoms with Gasteiger partial charge in [0.2, 0.25) is 5.91 Å². The maximum atomic E-state index is 12.9. The van der Waals surface area contributed by atoms with Crippen LogP contribution in [-0.4, -0.2) is 17.7 Å². The fourth-order valence-corrected chi connectivity index (χ4v) is 2.52. The average molecular weight is 284 g/mol. The van der Waals surface area contributed by atoms with Gasteiger partial charge in [-0.3, -0.25) is 4.79 Å². The summed E-state index contributed by atoms with van der Waals surface area (Å²) in [4.78, 5) is 12.1. The van der Waals surface area contributed by atoms with E-state index in [9.17, 15) is 13.6 Å². The largest absolute Gasteiger partial charge is 0.586 e. The first-order valence-corrected chi connectivity index (χ1v) is 6.38. The molecule has 0 unspecified atom stereocenters. The van der Waals surface area contributed by atoms with E-state index in [0.29, 0.717) is 18.5 Å². The highest BCUT2D eigenvalue weighted by Gasteiger charge is 2.43. The Balaban J connectivity index is 1.75. The third kappa shape index (κ3) is 2.29. The van der Waals surface area contributed by atoms with Crippen molar-refractivity contribution in [3.63, 3.8) is 0 Å². The van der Waals surface area contributed by atoms with Crippen molar-refractivity contribution in [2.24, 2.45) is 5.73 Å². The van der Waals surface area contributed by atoms with Gasteiger partial charge >= 0.3 is 6.29 Å². The predicted molar refractivity (Wildman–Crippen MR) is 66.7 cm³/mol. The van der Waals surface area contributed by atoms with E-state index in [4.69, 9.17) is 5.73 Å². The molecule has 0 atom stereocenters. The van der Waals surface area contributed by atoms with Crippen LogP contribution < -0.4 is 20.5 Å². The molecule has 0 aromatic heterocycles. The highest BCUT2D eigenvalue weighted by molar-refractivity contribution is 5.98. The molecule has 5 nitrogen and oxygen atoms in total. The molecule has 0 bridgehead atoms. The number of carbonyl (C=O) groups is 1. The van der Waals surface area contributed by atoms with Crippen molar-refractivity contribution in [2.45, 2.75) is 37.5 Å². The first-order valence-electron chi connectivity index (χ1n) is 6.38. The molecule has 7 heteroatoms. The Morgan fingerprint density at radius 3 is 2.55 bits per heavy atom. The van der Waals surface area contributed by atoms with Gasteiger partial charge in [-0.2, -0.15) is 0 Å². The van der Waals surface area contributed by atoms with Crippen LogP contribution in [0.3, 0.4) is 0 Å². The lowest BCUT2D eigenvalue weighted by Gasteiger charge is -2.22. The number of hydrogen-bond acceptors (Lipinski definition) is 4. The van der Waals surface area contributed by atoms with Gasteiger partial charge in [0.05, 0.1) is 5.54 Å². The molecule has 1 aliphatic heterocycles. The van der Waals surface area contributed by atoms with Crippen LogP contribution in [0.2, 0.25) is 0 Å². The zero-order valence-corrected chi connectivity index (χ0v) is 10.6. The third-order valence-corrected chi connectivity index (χ3v) is 3.61. The second-order valence-electron chi connectivity index (χ2n) is 5.15. The molecule has 1 fully saturated rings. The number of fused-ring (bicyclic) bond motifs is 1. The topological polar surface area (TPSA) is 73.6 Å². The predicted octanol–water partition coefficient (Wildman–Crippen LogP) is 2.22. The molecule has 0 saturated heterocycles. The third-order valence-electron chi connectivity index (χ3n) is 3.61. The summed E-state index contributed by atoms with van der Waals surface area (Å²) in [5.74, 6) is -0.470. The van der Waals surface area contributed by atoms with Crippen LogP contribution >= 0.6 is 0 Å². The monoisotopic (exact) mass is 284 g/mol. The Hall–Kier alpha value is -1.89. The van der Waals surface area contributed by atoms with E-state index >= 15 is 0 Å². The minimum atomic E-state index is -3.66. The van der Waals surface area contributed by atoms with Gasteiger partial charge in [0.1, 0.15) is 0 Å².